The Balaban J connectivity index is 1.85. The van der Waals surface area contributed by atoms with E-state index in [4.69, 9.17) is 11.2 Å². The molecule has 1 aliphatic heterocycles. The van der Waals surface area contributed by atoms with Crippen molar-refractivity contribution in [3.05, 3.63) is 69.0 Å². The number of amides is 2. The molecule has 26 heavy (non-hydrogen) atoms. The molecule has 0 radical (unpaired) electrons. The lowest BCUT2D eigenvalue weighted by Gasteiger charge is -2.10. The predicted octanol–water partition coefficient (Wildman–Crippen LogP) is 4.70. The number of hydrogen-bond donors (Lipinski definition) is 0. The van der Waals surface area contributed by atoms with Crippen LogP contribution in [-0.2, 0) is 11.4 Å². The van der Waals surface area contributed by atoms with E-state index in [-0.39, 0.29) is 17.7 Å². The van der Waals surface area contributed by atoms with Crippen molar-refractivity contribution >= 4 is 44.9 Å². The van der Waals surface area contributed by atoms with Crippen LogP contribution in [0.4, 0.5) is 4.79 Å². The van der Waals surface area contributed by atoms with Gasteiger partial charge in [-0.1, -0.05) is 52.2 Å². The fourth-order valence-corrected chi connectivity index (χ4v) is 3.58. The Morgan fingerprint density at radius 2 is 1.96 bits per heavy atom. The van der Waals surface area contributed by atoms with E-state index in [1.165, 1.54) is 0 Å². The van der Waals surface area contributed by atoms with Crippen molar-refractivity contribution < 1.29 is 14.3 Å². The van der Waals surface area contributed by atoms with E-state index in [9.17, 15) is 9.59 Å². The van der Waals surface area contributed by atoms with Crippen molar-refractivity contribution in [3.8, 4) is 18.1 Å². The third-order valence-electron chi connectivity index (χ3n) is 3.62. The molecule has 1 saturated heterocycles. The first-order chi connectivity index (χ1) is 12.6. The van der Waals surface area contributed by atoms with Crippen LogP contribution in [0.3, 0.4) is 0 Å². The number of carbonyl (C=O) groups excluding carboxylic acids is 2. The number of rotatable bonds is 5. The van der Waals surface area contributed by atoms with Crippen LogP contribution in [-0.4, -0.2) is 22.6 Å². The van der Waals surface area contributed by atoms with Gasteiger partial charge in [0.15, 0.2) is 0 Å². The van der Waals surface area contributed by atoms with E-state index in [1.807, 2.05) is 48.5 Å². The van der Waals surface area contributed by atoms with Crippen molar-refractivity contribution in [2.24, 2.45) is 0 Å². The van der Waals surface area contributed by atoms with E-state index in [0.717, 1.165) is 26.7 Å². The number of terminal acetylenes is 1. The molecule has 1 fully saturated rings. The summed E-state index contributed by atoms with van der Waals surface area (Å²) < 4.78 is 6.75. The normalized spacial score (nSPS) is 15.4. The first-order valence-corrected chi connectivity index (χ1v) is 9.34. The van der Waals surface area contributed by atoms with Crippen LogP contribution >= 0.6 is 27.7 Å². The Kier molecular flexibility index (Phi) is 5.82. The molecular formula is C20H14BrNO3S. The summed E-state index contributed by atoms with van der Waals surface area (Å²) >= 11 is 4.30. The van der Waals surface area contributed by atoms with Crippen molar-refractivity contribution in [1.29, 1.82) is 0 Å². The number of nitrogens with zero attached hydrogens (tertiary/aromatic N) is 1. The van der Waals surface area contributed by atoms with Crippen LogP contribution in [0.15, 0.2) is 57.9 Å². The minimum absolute atomic E-state index is 0.0299. The highest BCUT2D eigenvalue weighted by Crippen LogP contribution is 2.34. The predicted molar refractivity (Wildman–Crippen MR) is 106 cm³/mol. The highest BCUT2D eigenvalue weighted by Gasteiger charge is 2.34. The Bertz CT molecular complexity index is 918. The van der Waals surface area contributed by atoms with Crippen LogP contribution in [0.1, 0.15) is 11.1 Å². The maximum Gasteiger partial charge on any atom is 0.294 e. The molecule has 2 aromatic rings. The van der Waals surface area contributed by atoms with Crippen LogP contribution < -0.4 is 4.74 Å². The summed E-state index contributed by atoms with van der Waals surface area (Å²) in [4.78, 5) is 25.7. The topological polar surface area (TPSA) is 46.6 Å². The number of hydrogen-bond acceptors (Lipinski definition) is 4. The number of halogens is 1. The molecular weight excluding hydrogens is 414 g/mol. The lowest BCUT2D eigenvalue weighted by Crippen LogP contribution is -2.28. The zero-order valence-electron chi connectivity index (χ0n) is 13.6. The molecule has 3 rings (SSSR count). The van der Waals surface area contributed by atoms with E-state index in [0.29, 0.717) is 22.8 Å². The van der Waals surface area contributed by atoms with Crippen LogP contribution in [0.2, 0.25) is 0 Å². The number of carbonyl (C=O) groups is 2. The van der Waals surface area contributed by atoms with Crippen molar-refractivity contribution in [3.63, 3.8) is 0 Å². The molecule has 2 amide bonds. The van der Waals surface area contributed by atoms with E-state index < -0.39 is 0 Å². The van der Waals surface area contributed by atoms with Gasteiger partial charge in [0, 0.05) is 10.0 Å². The summed E-state index contributed by atoms with van der Waals surface area (Å²) in [5, 5.41) is -0.360. The second kappa shape index (κ2) is 8.26. The Morgan fingerprint density at radius 1 is 1.19 bits per heavy atom. The maximum absolute atomic E-state index is 12.4. The smallest absolute Gasteiger partial charge is 0.294 e. The van der Waals surface area contributed by atoms with Gasteiger partial charge in [0.2, 0.25) is 0 Å². The fraction of sp³-hybridized carbons (Fsp3) is 0.100. The quantitative estimate of drug-likeness (QED) is 0.512. The molecule has 0 unspecified atom stereocenters. The Hall–Kier alpha value is -2.49. The van der Waals surface area contributed by atoms with Gasteiger partial charge < -0.3 is 4.74 Å². The average Bonchev–Trinajstić information content (AvgIpc) is 2.90. The van der Waals surface area contributed by atoms with Gasteiger partial charge in [0.05, 0.1) is 11.4 Å². The maximum atomic E-state index is 12.4. The minimum Gasteiger partial charge on any atom is -0.488 e. The second-order valence-corrected chi connectivity index (χ2v) is 7.34. The standard InChI is InChI=1S/C20H14BrNO3S/c1-2-10-22-19(23)18(26-20(22)24)12-15-11-16(21)8-9-17(15)25-13-14-6-4-3-5-7-14/h1,3-9,11-12H,10,13H2. The third-order valence-corrected chi connectivity index (χ3v) is 5.02. The van der Waals surface area contributed by atoms with Crippen LogP contribution in [0.5, 0.6) is 5.75 Å². The molecule has 1 heterocycles. The summed E-state index contributed by atoms with van der Waals surface area (Å²) in [6.07, 6.45) is 6.88. The molecule has 130 valence electrons. The van der Waals surface area contributed by atoms with Gasteiger partial charge in [-0.2, -0.15) is 0 Å². The Morgan fingerprint density at radius 3 is 2.69 bits per heavy atom. The SMILES string of the molecule is C#CCN1C(=O)SC(=Cc2cc(Br)ccc2OCc2ccccc2)C1=O. The van der Waals surface area contributed by atoms with Gasteiger partial charge in [-0.05, 0) is 41.6 Å². The molecule has 0 aromatic heterocycles. The minimum atomic E-state index is -0.382. The number of thioether (sulfide) groups is 1. The lowest BCUT2D eigenvalue weighted by atomic mass is 10.1. The van der Waals surface area contributed by atoms with E-state index in [2.05, 4.69) is 21.9 Å². The third kappa shape index (κ3) is 4.18. The molecule has 0 aliphatic carbocycles. The number of ether oxygens (including phenoxy) is 1. The molecule has 1 aliphatic rings. The molecule has 0 spiro atoms. The summed E-state index contributed by atoms with van der Waals surface area (Å²) in [6, 6.07) is 15.3. The van der Waals surface area contributed by atoms with Crippen LogP contribution in [0.25, 0.3) is 6.08 Å². The average molecular weight is 428 g/mol. The molecule has 0 saturated carbocycles. The number of imide groups is 1. The molecule has 0 atom stereocenters. The van der Waals surface area contributed by atoms with Gasteiger partial charge in [-0.15, -0.1) is 6.42 Å². The summed E-state index contributed by atoms with van der Waals surface area (Å²) in [6.45, 7) is 0.375. The van der Waals surface area contributed by atoms with Gasteiger partial charge in [0.25, 0.3) is 11.1 Å². The molecule has 2 aromatic carbocycles. The summed E-state index contributed by atoms with van der Waals surface area (Å²) in [7, 11) is 0. The van der Waals surface area contributed by atoms with Crippen molar-refractivity contribution in [2.45, 2.75) is 6.61 Å². The monoisotopic (exact) mass is 427 g/mol. The van der Waals surface area contributed by atoms with E-state index >= 15 is 0 Å². The molecule has 6 heteroatoms. The number of benzene rings is 2. The van der Waals surface area contributed by atoms with Gasteiger partial charge in [0.1, 0.15) is 12.4 Å². The van der Waals surface area contributed by atoms with Crippen molar-refractivity contribution in [1.82, 2.24) is 4.90 Å². The largest absolute Gasteiger partial charge is 0.488 e. The highest BCUT2D eigenvalue weighted by molar-refractivity contribution is 9.10. The Labute approximate surface area is 164 Å². The van der Waals surface area contributed by atoms with Crippen molar-refractivity contribution in [2.75, 3.05) is 6.54 Å². The fourth-order valence-electron chi connectivity index (χ4n) is 2.37. The summed E-state index contributed by atoms with van der Waals surface area (Å²) in [5.74, 6) is 2.57. The summed E-state index contributed by atoms with van der Waals surface area (Å²) in [5.41, 5.74) is 1.75. The highest BCUT2D eigenvalue weighted by atomic mass is 79.9. The first-order valence-electron chi connectivity index (χ1n) is 7.73. The lowest BCUT2D eigenvalue weighted by molar-refractivity contribution is -0.122. The first kappa shape index (κ1) is 18.3. The van der Waals surface area contributed by atoms with Crippen LogP contribution in [0, 0.1) is 12.3 Å². The van der Waals surface area contributed by atoms with Gasteiger partial charge in [-0.3, -0.25) is 14.5 Å². The molecule has 0 bridgehead atoms. The molecule has 0 N–H and O–H groups in total. The zero-order chi connectivity index (χ0) is 18.5. The van der Waals surface area contributed by atoms with Gasteiger partial charge in [-0.25, -0.2) is 0 Å². The second-order valence-electron chi connectivity index (χ2n) is 5.43. The van der Waals surface area contributed by atoms with Gasteiger partial charge >= 0.3 is 0 Å². The molecule has 4 nitrogen and oxygen atoms in total. The van der Waals surface area contributed by atoms with E-state index in [1.54, 1.807) is 6.08 Å². The zero-order valence-corrected chi connectivity index (χ0v) is 16.0.